The maximum Gasteiger partial charge on any atom is 0.156 e. The van der Waals surface area contributed by atoms with Gasteiger partial charge >= 0.3 is 0 Å². The summed E-state index contributed by atoms with van der Waals surface area (Å²) < 4.78 is 0. The Morgan fingerprint density at radius 1 is 1.33 bits per heavy atom. The van der Waals surface area contributed by atoms with Crippen molar-refractivity contribution >= 4 is 22.4 Å². The summed E-state index contributed by atoms with van der Waals surface area (Å²) in [5, 5.41) is 9.52. The Bertz CT molecular complexity index is 805. The predicted molar refractivity (Wildman–Crippen MR) is 97.0 cm³/mol. The zero-order valence-electron chi connectivity index (χ0n) is 14.1. The maximum absolute atomic E-state index is 9.52. The molecular formula is C19H24N4O. The molecule has 126 valence electrons. The zero-order valence-corrected chi connectivity index (χ0v) is 14.1. The van der Waals surface area contributed by atoms with Crippen LogP contribution in [0.1, 0.15) is 37.2 Å². The first-order valence-corrected chi connectivity index (χ1v) is 8.85. The quantitative estimate of drug-likeness (QED) is 0.910. The van der Waals surface area contributed by atoms with Gasteiger partial charge in [-0.1, -0.05) is 18.2 Å². The van der Waals surface area contributed by atoms with Crippen LogP contribution in [0.5, 0.6) is 0 Å². The zero-order chi connectivity index (χ0) is 16.5. The van der Waals surface area contributed by atoms with E-state index in [-0.39, 0.29) is 6.61 Å². The lowest BCUT2D eigenvalue weighted by Crippen LogP contribution is -2.37. The van der Waals surface area contributed by atoms with Gasteiger partial charge in [0.1, 0.15) is 11.3 Å². The SMILES string of the molecule is Cc1nc(N2CCCC(CO)C2)c2[nH]c(C3=CCCC=C3)cc2n1. The number of aliphatic hydroxyl groups is 1. The van der Waals surface area contributed by atoms with Crippen LogP contribution in [-0.4, -0.2) is 39.8 Å². The Morgan fingerprint density at radius 2 is 2.25 bits per heavy atom. The second-order valence-corrected chi connectivity index (χ2v) is 6.81. The Morgan fingerprint density at radius 3 is 3.04 bits per heavy atom. The van der Waals surface area contributed by atoms with E-state index in [4.69, 9.17) is 4.98 Å². The molecule has 1 unspecified atom stereocenters. The first kappa shape index (κ1) is 15.4. The molecule has 1 atom stereocenters. The van der Waals surface area contributed by atoms with Crippen molar-refractivity contribution in [1.29, 1.82) is 0 Å². The third-order valence-corrected chi connectivity index (χ3v) is 4.95. The standard InChI is InChI=1S/C19H24N4O/c1-13-20-17-10-16(15-7-3-2-4-8-15)22-18(17)19(21-13)23-9-5-6-14(11-23)12-24/h3,7-8,10,14,22,24H,2,4-6,9,11-12H2,1H3. The highest BCUT2D eigenvalue weighted by Gasteiger charge is 2.23. The van der Waals surface area contributed by atoms with E-state index in [0.717, 1.165) is 67.1 Å². The number of allylic oxidation sites excluding steroid dienone is 4. The summed E-state index contributed by atoms with van der Waals surface area (Å²) in [6, 6.07) is 2.13. The molecule has 4 rings (SSSR count). The minimum absolute atomic E-state index is 0.247. The van der Waals surface area contributed by atoms with Crippen LogP contribution in [-0.2, 0) is 0 Å². The van der Waals surface area contributed by atoms with Gasteiger partial charge in [0.05, 0.1) is 5.52 Å². The number of nitrogens with one attached hydrogen (secondary N) is 1. The number of piperidine rings is 1. The second-order valence-electron chi connectivity index (χ2n) is 6.81. The van der Waals surface area contributed by atoms with Gasteiger partial charge in [-0.3, -0.25) is 0 Å². The number of aromatic amines is 1. The van der Waals surface area contributed by atoms with Crippen LogP contribution in [0.3, 0.4) is 0 Å². The van der Waals surface area contributed by atoms with Crippen molar-refractivity contribution in [2.24, 2.45) is 5.92 Å². The van der Waals surface area contributed by atoms with Gasteiger partial charge in [-0.15, -0.1) is 0 Å². The summed E-state index contributed by atoms with van der Waals surface area (Å²) in [5.74, 6) is 2.10. The molecule has 5 nitrogen and oxygen atoms in total. The molecule has 0 aromatic carbocycles. The molecule has 0 spiro atoms. The highest BCUT2D eigenvalue weighted by Crippen LogP contribution is 2.30. The maximum atomic E-state index is 9.52. The molecule has 5 heteroatoms. The molecule has 0 radical (unpaired) electrons. The Balaban J connectivity index is 1.76. The Hall–Kier alpha value is -2.14. The molecule has 0 amide bonds. The van der Waals surface area contributed by atoms with Crippen molar-refractivity contribution in [3.05, 3.63) is 35.8 Å². The predicted octanol–water partition coefficient (Wildman–Crippen LogP) is 3.21. The number of fused-ring (bicyclic) bond motifs is 1. The van der Waals surface area contributed by atoms with Gasteiger partial charge in [-0.05, 0) is 50.2 Å². The van der Waals surface area contributed by atoms with E-state index >= 15 is 0 Å². The first-order valence-electron chi connectivity index (χ1n) is 8.85. The number of anilines is 1. The summed E-state index contributed by atoms with van der Waals surface area (Å²) in [7, 11) is 0. The second kappa shape index (κ2) is 6.40. The van der Waals surface area contributed by atoms with Crippen LogP contribution in [0.25, 0.3) is 16.6 Å². The lowest BCUT2D eigenvalue weighted by atomic mass is 9.99. The molecule has 2 aromatic heterocycles. The molecule has 24 heavy (non-hydrogen) atoms. The van der Waals surface area contributed by atoms with Crippen molar-refractivity contribution in [1.82, 2.24) is 15.0 Å². The summed E-state index contributed by atoms with van der Waals surface area (Å²) in [6.45, 7) is 4.04. The molecule has 3 heterocycles. The molecule has 1 saturated heterocycles. The summed E-state index contributed by atoms with van der Waals surface area (Å²) >= 11 is 0. The fourth-order valence-electron chi connectivity index (χ4n) is 3.71. The fourth-order valence-corrected chi connectivity index (χ4v) is 3.71. The van der Waals surface area contributed by atoms with Crippen molar-refractivity contribution in [2.45, 2.75) is 32.6 Å². The molecule has 0 saturated carbocycles. The van der Waals surface area contributed by atoms with Crippen LogP contribution >= 0.6 is 0 Å². The highest BCUT2D eigenvalue weighted by molar-refractivity contribution is 5.91. The van der Waals surface area contributed by atoms with Crippen LogP contribution < -0.4 is 4.90 Å². The summed E-state index contributed by atoms with van der Waals surface area (Å²) in [6.07, 6.45) is 11.1. The van der Waals surface area contributed by atoms with Gasteiger partial charge in [-0.25, -0.2) is 9.97 Å². The smallest absolute Gasteiger partial charge is 0.156 e. The monoisotopic (exact) mass is 324 g/mol. The molecule has 2 aromatic rings. The topological polar surface area (TPSA) is 65.0 Å². The van der Waals surface area contributed by atoms with Gasteiger partial charge in [-0.2, -0.15) is 0 Å². The Labute approximate surface area is 142 Å². The average molecular weight is 324 g/mol. The average Bonchev–Trinajstić information content (AvgIpc) is 3.05. The number of rotatable bonds is 3. The number of aromatic nitrogens is 3. The van der Waals surface area contributed by atoms with Crippen LogP contribution in [0, 0.1) is 12.8 Å². The van der Waals surface area contributed by atoms with Crippen LogP contribution in [0.2, 0.25) is 0 Å². The van der Waals surface area contributed by atoms with E-state index in [1.807, 2.05) is 6.92 Å². The molecule has 2 N–H and O–H groups in total. The van der Waals surface area contributed by atoms with Crippen molar-refractivity contribution in [3.8, 4) is 0 Å². The largest absolute Gasteiger partial charge is 0.396 e. The summed E-state index contributed by atoms with van der Waals surface area (Å²) in [4.78, 5) is 15.2. The van der Waals surface area contributed by atoms with Gasteiger partial charge in [0.2, 0.25) is 0 Å². The van der Waals surface area contributed by atoms with Gasteiger partial charge in [0.15, 0.2) is 5.82 Å². The van der Waals surface area contributed by atoms with Gasteiger partial charge in [0, 0.05) is 25.4 Å². The van der Waals surface area contributed by atoms with Crippen LogP contribution in [0.4, 0.5) is 5.82 Å². The van der Waals surface area contributed by atoms with Crippen molar-refractivity contribution < 1.29 is 5.11 Å². The molecular weight excluding hydrogens is 300 g/mol. The van der Waals surface area contributed by atoms with Crippen molar-refractivity contribution in [3.63, 3.8) is 0 Å². The molecule has 1 fully saturated rings. The number of nitrogens with zero attached hydrogens (tertiary/aromatic N) is 3. The number of aryl methyl sites for hydroxylation is 1. The molecule has 1 aliphatic carbocycles. The number of aliphatic hydroxyl groups excluding tert-OH is 1. The van der Waals surface area contributed by atoms with Crippen molar-refractivity contribution in [2.75, 3.05) is 24.6 Å². The number of hydrogen-bond donors (Lipinski definition) is 2. The first-order chi connectivity index (χ1) is 11.7. The molecule has 2 aliphatic rings. The molecule has 0 bridgehead atoms. The van der Waals surface area contributed by atoms with Gasteiger partial charge in [0.25, 0.3) is 0 Å². The normalized spacial score (nSPS) is 21.3. The third kappa shape index (κ3) is 2.84. The number of hydrogen-bond acceptors (Lipinski definition) is 4. The summed E-state index contributed by atoms with van der Waals surface area (Å²) in [5.41, 5.74) is 4.32. The minimum Gasteiger partial charge on any atom is -0.396 e. The Kier molecular flexibility index (Phi) is 4.10. The van der Waals surface area contributed by atoms with E-state index < -0.39 is 0 Å². The number of H-pyrrole nitrogens is 1. The fraction of sp³-hybridized carbons (Fsp3) is 0.474. The van der Waals surface area contributed by atoms with Gasteiger partial charge < -0.3 is 15.0 Å². The van der Waals surface area contributed by atoms with Crippen LogP contribution in [0.15, 0.2) is 24.3 Å². The van der Waals surface area contributed by atoms with E-state index in [2.05, 4.69) is 39.2 Å². The van der Waals surface area contributed by atoms with E-state index in [0.29, 0.717) is 5.92 Å². The van der Waals surface area contributed by atoms with E-state index in [9.17, 15) is 5.11 Å². The minimum atomic E-state index is 0.247. The lowest BCUT2D eigenvalue weighted by molar-refractivity contribution is 0.208. The lowest BCUT2D eigenvalue weighted by Gasteiger charge is -2.33. The van der Waals surface area contributed by atoms with E-state index in [1.165, 1.54) is 5.57 Å². The van der Waals surface area contributed by atoms with E-state index in [1.54, 1.807) is 0 Å². The molecule has 1 aliphatic heterocycles. The highest BCUT2D eigenvalue weighted by atomic mass is 16.3. The third-order valence-electron chi connectivity index (χ3n) is 4.95.